The van der Waals surface area contributed by atoms with E-state index in [2.05, 4.69) is 31.0 Å². The topological polar surface area (TPSA) is 24.5 Å². The van der Waals surface area contributed by atoms with Crippen molar-refractivity contribution in [1.82, 2.24) is 10.2 Å². The van der Waals surface area contributed by atoms with Crippen LogP contribution in [0.25, 0.3) is 0 Å². The molecule has 0 aromatic heterocycles. The smallest absolute Gasteiger partial charge is 0.0594 e. The Morgan fingerprint density at radius 3 is 2.53 bits per heavy atom. The van der Waals surface area contributed by atoms with Crippen molar-refractivity contribution >= 4 is 0 Å². The van der Waals surface area contributed by atoms with Crippen LogP contribution in [0.15, 0.2) is 0 Å². The molecule has 1 aliphatic heterocycles. The number of hydrogen-bond donors (Lipinski definition) is 1. The number of morpholine rings is 1. The highest BCUT2D eigenvalue weighted by atomic mass is 16.5. The second-order valence-electron chi connectivity index (χ2n) is 5.23. The molecule has 0 atom stereocenters. The van der Waals surface area contributed by atoms with E-state index in [1.807, 2.05) is 0 Å². The van der Waals surface area contributed by atoms with Gasteiger partial charge in [0.05, 0.1) is 13.2 Å². The number of nitrogens with zero attached hydrogens (tertiary/aromatic N) is 1. The number of nitrogens with one attached hydrogen (secondary N) is 1. The molecule has 1 aliphatic rings. The zero-order valence-corrected chi connectivity index (χ0v) is 10.5. The van der Waals surface area contributed by atoms with Gasteiger partial charge in [0.2, 0.25) is 0 Å². The Bertz CT molecular complexity index is 165. The number of hydrogen-bond acceptors (Lipinski definition) is 3. The summed E-state index contributed by atoms with van der Waals surface area (Å²) >= 11 is 0. The highest BCUT2D eigenvalue weighted by molar-refractivity contribution is 4.77. The molecule has 0 amide bonds. The summed E-state index contributed by atoms with van der Waals surface area (Å²) in [4.78, 5) is 2.51. The van der Waals surface area contributed by atoms with E-state index in [1.165, 1.54) is 13.0 Å². The third-order valence-corrected chi connectivity index (χ3v) is 2.79. The van der Waals surface area contributed by atoms with Crippen molar-refractivity contribution in [3.05, 3.63) is 0 Å². The summed E-state index contributed by atoms with van der Waals surface area (Å²) in [5.74, 6) is 0. The lowest BCUT2D eigenvalue weighted by atomic mass is 9.92. The van der Waals surface area contributed by atoms with Crippen LogP contribution in [-0.2, 0) is 4.74 Å². The summed E-state index contributed by atoms with van der Waals surface area (Å²) in [7, 11) is 0. The lowest BCUT2D eigenvalue weighted by molar-refractivity contribution is 0.0213. The van der Waals surface area contributed by atoms with Gasteiger partial charge in [0.15, 0.2) is 0 Å². The average Bonchev–Trinajstić information content (AvgIpc) is 2.18. The fourth-order valence-electron chi connectivity index (χ4n) is 2.02. The molecular weight excluding hydrogens is 188 g/mol. The number of ether oxygens (including phenoxy) is 1. The van der Waals surface area contributed by atoms with Crippen LogP contribution in [0.4, 0.5) is 0 Å². The van der Waals surface area contributed by atoms with Gasteiger partial charge in [0.25, 0.3) is 0 Å². The first-order valence-electron chi connectivity index (χ1n) is 6.15. The first-order valence-corrected chi connectivity index (χ1v) is 6.15. The molecule has 1 N–H and O–H groups in total. The van der Waals surface area contributed by atoms with Gasteiger partial charge in [-0.3, -0.25) is 4.90 Å². The Balaban J connectivity index is 2.20. The molecule has 0 aliphatic carbocycles. The molecule has 1 rings (SSSR count). The van der Waals surface area contributed by atoms with Crippen molar-refractivity contribution in [3.8, 4) is 0 Å². The van der Waals surface area contributed by atoms with Gasteiger partial charge in [-0.25, -0.2) is 0 Å². The zero-order valence-electron chi connectivity index (χ0n) is 10.5. The van der Waals surface area contributed by atoms with Gasteiger partial charge in [0.1, 0.15) is 0 Å². The van der Waals surface area contributed by atoms with Crippen LogP contribution in [0.2, 0.25) is 0 Å². The summed E-state index contributed by atoms with van der Waals surface area (Å²) in [6.45, 7) is 14.3. The summed E-state index contributed by atoms with van der Waals surface area (Å²) in [6.07, 6.45) is 1.22. The van der Waals surface area contributed by atoms with Crippen LogP contribution in [0.1, 0.15) is 27.2 Å². The highest BCUT2D eigenvalue weighted by Gasteiger charge is 2.22. The minimum absolute atomic E-state index is 0.368. The van der Waals surface area contributed by atoms with Gasteiger partial charge in [-0.15, -0.1) is 0 Å². The molecule has 0 spiro atoms. The van der Waals surface area contributed by atoms with E-state index in [-0.39, 0.29) is 0 Å². The second-order valence-corrected chi connectivity index (χ2v) is 5.23. The molecule has 15 heavy (non-hydrogen) atoms. The normalized spacial score (nSPS) is 19.4. The van der Waals surface area contributed by atoms with E-state index in [9.17, 15) is 0 Å². The predicted octanol–water partition coefficient (Wildman–Crippen LogP) is 1.34. The van der Waals surface area contributed by atoms with E-state index in [4.69, 9.17) is 4.74 Å². The van der Waals surface area contributed by atoms with Crippen molar-refractivity contribution in [1.29, 1.82) is 0 Å². The van der Waals surface area contributed by atoms with Crippen LogP contribution in [0, 0.1) is 5.41 Å². The zero-order chi connectivity index (χ0) is 11.1. The molecule has 0 unspecified atom stereocenters. The fraction of sp³-hybridized carbons (Fsp3) is 1.00. The van der Waals surface area contributed by atoms with Crippen molar-refractivity contribution < 1.29 is 4.74 Å². The standard InChI is InChI=1S/C12H26N2O/c1-4-5-13-10-12(2,3)11-14-6-8-15-9-7-14/h13H,4-11H2,1-3H3. The maximum atomic E-state index is 5.36. The molecule has 0 bridgehead atoms. The summed E-state index contributed by atoms with van der Waals surface area (Å²) in [5.41, 5.74) is 0.368. The molecular formula is C12H26N2O. The van der Waals surface area contributed by atoms with Gasteiger partial charge in [0, 0.05) is 26.2 Å². The highest BCUT2D eigenvalue weighted by Crippen LogP contribution is 2.16. The molecule has 0 radical (unpaired) electrons. The van der Waals surface area contributed by atoms with E-state index in [1.54, 1.807) is 0 Å². The van der Waals surface area contributed by atoms with Gasteiger partial charge in [-0.1, -0.05) is 20.8 Å². The molecule has 3 nitrogen and oxygen atoms in total. The minimum atomic E-state index is 0.368. The Labute approximate surface area is 94.2 Å². The fourth-order valence-corrected chi connectivity index (χ4v) is 2.02. The molecule has 1 fully saturated rings. The first kappa shape index (κ1) is 12.9. The Morgan fingerprint density at radius 2 is 1.93 bits per heavy atom. The average molecular weight is 214 g/mol. The van der Waals surface area contributed by atoms with E-state index < -0.39 is 0 Å². The number of rotatable bonds is 6. The van der Waals surface area contributed by atoms with Crippen LogP contribution in [0.5, 0.6) is 0 Å². The molecule has 0 aromatic rings. The van der Waals surface area contributed by atoms with Crippen LogP contribution < -0.4 is 5.32 Å². The quantitative estimate of drug-likeness (QED) is 0.675. The Morgan fingerprint density at radius 1 is 1.27 bits per heavy atom. The van der Waals surface area contributed by atoms with E-state index in [0.29, 0.717) is 5.41 Å². The van der Waals surface area contributed by atoms with Gasteiger partial charge in [-0.05, 0) is 18.4 Å². The lowest BCUT2D eigenvalue weighted by Gasteiger charge is -2.35. The Hall–Kier alpha value is -0.120. The van der Waals surface area contributed by atoms with E-state index in [0.717, 1.165) is 39.4 Å². The molecule has 90 valence electrons. The van der Waals surface area contributed by atoms with Crippen molar-refractivity contribution in [2.24, 2.45) is 5.41 Å². The van der Waals surface area contributed by atoms with Crippen LogP contribution in [-0.4, -0.2) is 50.8 Å². The first-order chi connectivity index (χ1) is 7.14. The third-order valence-electron chi connectivity index (χ3n) is 2.79. The van der Waals surface area contributed by atoms with Gasteiger partial charge in [-0.2, -0.15) is 0 Å². The summed E-state index contributed by atoms with van der Waals surface area (Å²) in [6, 6.07) is 0. The largest absolute Gasteiger partial charge is 0.379 e. The second kappa shape index (κ2) is 6.46. The third kappa shape index (κ3) is 5.50. The molecule has 0 aromatic carbocycles. The molecule has 1 heterocycles. The maximum Gasteiger partial charge on any atom is 0.0594 e. The lowest BCUT2D eigenvalue weighted by Crippen LogP contribution is -2.45. The Kier molecular flexibility index (Phi) is 5.58. The molecule has 3 heteroatoms. The summed E-state index contributed by atoms with van der Waals surface area (Å²) in [5, 5.41) is 3.51. The van der Waals surface area contributed by atoms with Crippen molar-refractivity contribution in [2.45, 2.75) is 27.2 Å². The maximum absolute atomic E-state index is 5.36. The monoisotopic (exact) mass is 214 g/mol. The van der Waals surface area contributed by atoms with Gasteiger partial charge >= 0.3 is 0 Å². The van der Waals surface area contributed by atoms with Crippen molar-refractivity contribution in [3.63, 3.8) is 0 Å². The van der Waals surface area contributed by atoms with Crippen LogP contribution >= 0.6 is 0 Å². The molecule has 0 saturated carbocycles. The van der Waals surface area contributed by atoms with Crippen LogP contribution in [0.3, 0.4) is 0 Å². The minimum Gasteiger partial charge on any atom is -0.379 e. The van der Waals surface area contributed by atoms with Crippen molar-refractivity contribution in [2.75, 3.05) is 45.9 Å². The van der Waals surface area contributed by atoms with E-state index >= 15 is 0 Å². The van der Waals surface area contributed by atoms with Gasteiger partial charge < -0.3 is 10.1 Å². The SMILES string of the molecule is CCCNCC(C)(C)CN1CCOCC1. The predicted molar refractivity (Wildman–Crippen MR) is 64.2 cm³/mol. The summed E-state index contributed by atoms with van der Waals surface area (Å²) < 4.78 is 5.36. The molecule has 1 saturated heterocycles.